The molecule has 0 aliphatic carbocycles. The van der Waals surface area contributed by atoms with Crippen LogP contribution in [0.2, 0.25) is 0 Å². The number of anilines is 1. The van der Waals surface area contributed by atoms with Gasteiger partial charge in [-0.2, -0.15) is 0 Å². The molecule has 1 aliphatic rings. The van der Waals surface area contributed by atoms with E-state index in [0.717, 1.165) is 6.42 Å². The molecule has 1 aromatic rings. The Morgan fingerprint density at radius 3 is 2.26 bits per heavy atom. The fourth-order valence-corrected chi connectivity index (χ4v) is 2.90. The Bertz CT molecular complexity index is 517. The maximum atomic E-state index is 13.5. The van der Waals surface area contributed by atoms with Gasteiger partial charge in [-0.25, -0.2) is 17.6 Å². The molecule has 0 aromatic heterocycles. The molecule has 2 rings (SSSR count). The summed E-state index contributed by atoms with van der Waals surface area (Å²) in [6.07, 6.45) is 0.811. The summed E-state index contributed by atoms with van der Waals surface area (Å²) >= 11 is 1.25. The normalized spacial score (nSPS) is 18.1. The first-order chi connectivity index (χ1) is 8.80. The second kappa shape index (κ2) is 5.03. The third-order valence-corrected chi connectivity index (χ3v) is 3.58. The number of hydrogen-bond donors (Lipinski definition) is 1. The Hall–Kier alpha value is -1.24. The van der Waals surface area contributed by atoms with Gasteiger partial charge in [0.2, 0.25) is 0 Å². The Morgan fingerprint density at radius 1 is 1.16 bits per heavy atom. The van der Waals surface area contributed by atoms with E-state index in [1.807, 2.05) is 13.8 Å². The molecular weight excluding hydrogens is 280 g/mol. The molecule has 0 saturated heterocycles. The van der Waals surface area contributed by atoms with Gasteiger partial charge in [-0.3, -0.25) is 4.99 Å². The van der Waals surface area contributed by atoms with Gasteiger partial charge in [0.1, 0.15) is 5.69 Å². The van der Waals surface area contributed by atoms with Crippen LogP contribution in [0.3, 0.4) is 0 Å². The second-order valence-corrected chi connectivity index (χ2v) is 5.88. The van der Waals surface area contributed by atoms with Crippen molar-refractivity contribution in [2.75, 3.05) is 11.1 Å². The quantitative estimate of drug-likeness (QED) is 0.626. The molecule has 0 bridgehead atoms. The van der Waals surface area contributed by atoms with Gasteiger partial charge in [-0.05, 0) is 20.3 Å². The van der Waals surface area contributed by atoms with Crippen LogP contribution in [0.15, 0.2) is 11.1 Å². The van der Waals surface area contributed by atoms with Gasteiger partial charge in [0, 0.05) is 11.8 Å². The smallest absolute Gasteiger partial charge is 0.185 e. The number of nitrogens with zero attached hydrogens (tertiary/aromatic N) is 1. The molecule has 2 nitrogen and oxygen atoms in total. The van der Waals surface area contributed by atoms with Crippen molar-refractivity contribution in [2.24, 2.45) is 4.99 Å². The molecule has 0 atom stereocenters. The van der Waals surface area contributed by atoms with Crippen LogP contribution in [0, 0.1) is 23.3 Å². The summed E-state index contributed by atoms with van der Waals surface area (Å²) in [5, 5.41) is 2.59. The zero-order valence-electron chi connectivity index (χ0n) is 10.4. The number of thioether (sulfide) groups is 1. The van der Waals surface area contributed by atoms with Gasteiger partial charge in [0.25, 0.3) is 0 Å². The third kappa shape index (κ3) is 3.02. The maximum Gasteiger partial charge on any atom is 0.185 e. The van der Waals surface area contributed by atoms with E-state index in [9.17, 15) is 17.6 Å². The van der Waals surface area contributed by atoms with Crippen molar-refractivity contribution >= 4 is 22.6 Å². The topological polar surface area (TPSA) is 24.4 Å². The predicted octanol–water partition coefficient (Wildman–Crippen LogP) is 3.93. The minimum atomic E-state index is -1.45. The van der Waals surface area contributed by atoms with Gasteiger partial charge in [-0.15, -0.1) is 0 Å². The van der Waals surface area contributed by atoms with Crippen molar-refractivity contribution in [3.8, 4) is 0 Å². The van der Waals surface area contributed by atoms with Crippen LogP contribution in [0.4, 0.5) is 23.2 Å². The van der Waals surface area contributed by atoms with Gasteiger partial charge in [0.05, 0.1) is 5.54 Å². The molecule has 104 valence electrons. The lowest BCUT2D eigenvalue weighted by molar-refractivity contribution is 0.459. The van der Waals surface area contributed by atoms with Crippen LogP contribution in [0.1, 0.15) is 20.3 Å². The van der Waals surface area contributed by atoms with Crippen LogP contribution in [0.25, 0.3) is 0 Å². The summed E-state index contributed by atoms with van der Waals surface area (Å²) in [6, 6.07) is 0.176. The molecule has 0 radical (unpaired) electrons. The fraction of sp³-hybridized carbons (Fsp3) is 0.417. The van der Waals surface area contributed by atoms with Crippen molar-refractivity contribution < 1.29 is 17.6 Å². The predicted molar refractivity (Wildman–Crippen MR) is 68.5 cm³/mol. The highest BCUT2D eigenvalue weighted by Gasteiger charge is 2.25. The first-order valence-corrected chi connectivity index (χ1v) is 6.61. The fourth-order valence-electron chi connectivity index (χ4n) is 1.61. The number of nitrogens with one attached hydrogen (secondary N) is 1. The summed E-state index contributed by atoms with van der Waals surface area (Å²) in [7, 11) is 0. The maximum absolute atomic E-state index is 13.5. The minimum absolute atomic E-state index is 0.176. The first-order valence-electron chi connectivity index (χ1n) is 5.63. The zero-order chi connectivity index (χ0) is 14.2. The van der Waals surface area contributed by atoms with Crippen LogP contribution >= 0.6 is 11.8 Å². The highest BCUT2D eigenvalue weighted by Crippen LogP contribution is 2.29. The second-order valence-electron chi connectivity index (χ2n) is 4.80. The van der Waals surface area contributed by atoms with Crippen LogP contribution in [-0.4, -0.2) is 16.5 Å². The number of halogens is 4. The lowest BCUT2D eigenvalue weighted by atomic mass is 10.0. The number of hydrogen-bond acceptors (Lipinski definition) is 3. The average Bonchev–Trinajstić information content (AvgIpc) is 2.31. The van der Waals surface area contributed by atoms with Gasteiger partial charge in [-0.1, -0.05) is 11.8 Å². The molecule has 1 aliphatic heterocycles. The highest BCUT2D eigenvalue weighted by atomic mass is 32.2. The summed E-state index contributed by atoms with van der Waals surface area (Å²) in [4.78, 5) is 4.24. The monoisotopic (exact) mass is 292 g/mol. The van der Waals surface area contributed by atoms with Gasteiger partial charge < -0.3 is 5.32 Å². The van der Waals surface area contributed by atoms with Crippen molar-refractivity contribution in [3.05, 3.63) is 29.3 Å². The van der Waals surface area contributed by atoms with Crippen molar-refractivity contribution in [2.45, 2.75) is 25.8 Å². The molecule has 0 saturated carbocycles. The lowest BCUT2D eigenvalue weighted by Crippen LogP contribution is -2.27. The van der Waals surface area contributed by atoms with Gasteiger partial charge in [0.15, 0.2) is 28.4 Å². The minimum Gasteiger partial charge on any atom is -0.330 e. The van der Waals surface area contributed by atoms with E-state index in [1.165, 1.54) is 11.8 Å². The molecule has 7 heteroatoms. The largest absolute Gasteiger partial charge is 0.330 e. The zero-order valence-corrected chi connectivity index (χ0v) is 11.2. The molecule has 0 unspecified atom stereocenters. The van der Waals surface area contributed by atoms with Crippen LogP contribution in [0.5, 0.6) is 0 Å². The van der Waals surface area contributed by atoms with Crippen molar-refractivity contribution in [1.82, 2.24) is 0 Å². The molecule has 0 amide bonds. The number of benzene rings is 1. The molecule has 0 spiro atoms. The standard InChI is InChI=1S/C12H12F4N2S/c1-12(2)3-4-19-11(18-12)17-10-8(15)6(13)5-7(14)9(10)16/h5H,3-4H2,1-2H3,(H,17,18). The van der Waals surface area contributed by atoms with Gasteiger partial charge >= 0.3 is 0 Å². The summed E-state index contributed by atoms with van der Waals surface area (Å²) in [5.41, 5.74) is -1.21. The van der Waals surface area contributed by atoms with E-state index >= 15 is 0 Å². The van der Waals surface area contributed by atoms with E-state index in [0.29, 0.717) is 5.75 Å². The van der Waals surface area contributed by atoms with E-state index in [1.54, 1.807) is 0 Å². The highest BCUT2D eigenvalue weighted by molar-refractivity contribution is 8.14. The molecule has 1 N–H and O–H groups in total. The molecule has 19 heavy (non-hydrogen) atoms. The Labute approximate surface area is 112 Å². The third-order valence-electron chi connectivity index (χ3n) is 2.70. The SMILES string of the molecule is CC1(C)CCSC(Nc2c(F)c(F)cc(F)c2F)=N1. The number of aliphatic imine (C=N–C) groups is 1. The number of rotatable bonds is 1. The van der Waals surface area contributed by atoms with Crippen molar-refractivity contribution in [1.29, 1.82) is 0 Å². The summed E-state index contributed by atoms with van der Waals surface area (Å²) in [5.74, 6) is -5.08. The van der Waals surface area contributed by atoms with Crippen LogP contribution in [-0.2, 0) is 0 Å². The molecule has 1 heterocycles. The Kier molecular flexibility index (Phi) is 3.75. The molecular formula is C12H12F4N2S. The summed E-state index contributed by atoms with van der Waals surface area (Å²) in [6.45, 7) is 3.74. The van der Waals surface area contributed by atoms with E-state index in [-0.39, 0.29) is 16.8 Å². The van der Waals surface area contributed by atoms with Crippen LogP contribution < -0.4 is 5.32 Å². The Morgan fingerprint density at radius 2 is 1.74 bits per heavy atom. The van der Waals surface area contributed by atoms with E-state index < -0.39 is 29.0 Å². The molecule has 0 fully saturated rings. The summed E-state index contributed by atoms with van der Waals surface area (Å²) < 4.78 is 53.1. The molecule has 1 aromatic carbocycles. The van der Waals surface area contributed by atoms with E-state index in [4.69, 9.17) is 0 Å². The first kappa shape index (κ1) is 14.2. The number of amidine groups is 1. The average molecular weight is 292 g/mol. The van der Waals surface area contributed by atoms with E-state index in [2.05, 4.69) is 10.3 Å². The Balaban J connectivity index is 2.37. The lowest BCUT2D eigenvalue weighted by Gasteiger charge is -2.26. The van der Waals surface area contributed by atoms with Crippen molar-refractivity contribution in [3.63, 3.8) is 0 Å².